The Labute approximate surface area is 52.4 Å². The van der Waals surface area contributed by atoms with Crippen LogP contribution in [0, 0.1) is 0 Å². The van der Waals surface area contributed by atoms with E-state index < -0.39 is 7.82 Å². The zero-order valence-corrected chi connectivity index (χ0v) is 5.49. The van der Waals surface area contributed by atoms with Gasteiger partial charge in [0.25, 0.3) is 0 Å². The Kier molecular flexibility index (Phi) is 1.73. The SMILES string of the molecule is O=P(O)(O)OC1C=CC1. The summed E-state index contributed by atoms with van der Waals surface area (Å²) in [5, 5.41) is 0. The van der Waals surface area contributed by atoms with E-state index in [4.69, 9.17) is 9.79 Å². The second-order valence-electron chi connectivity index (χ2n) is 1.80. The summed E-state index contributed by atoms with van der Waals surface area (Å²) in [6, 6.07) is 0. The number of hydrogen-bond donors (Lipinski definition) is 2. The van der Waals surface area contributed by atoms with Crippen molar-refractivity contribution in [1.82, 2.24) is 0 Å². The average molecular weight is 150 g/mol. The molecule has 0 spiro atoms. The number of phosphoric ester groups is 1. The summed E-state index contributed by atoms with van der Waals surface area (Å²) in [5.74, 6) is 0. The van der Waals surface area contributed by atoms with E-state index >= 15 is 0 Å². The first-order chi connectivity index (χ1) is 4.08. The standard InChI is InChI=1S/C4H7O4P/c5-9(6,7)8-4-2-1-3-4/h1-2,4H,3H2,(H2,5,6,7). The van der Waals surface area contributed by atoms with Gasteiger partial charge in [0.2, 0.25) is 0 Å². The fraction of sp³-hybridized carbons (Fsp3) is 0.500. The second kappa shape index (κ2) is 2.23. The van der Waals surface area contributed by atoms with E-state index in [-0.39, 0.29) is 6.10 Å². The van der Waals surface area contributed by atoms with E-state index in [0.717, 1.165) is 0 Å². The Morgan fingerprint density at radius 2 is 2.22 bits per heavy atom. The van der Waals surface area contributed by atoms with Crippen LogP contribution in [0.4, 0.5) is 0 Å². The summed E-state index contributed by atoms with van der Waals surface area (Å²) in [6.45, 7) is 0. The fourth-order valence-corrected chi connectivity index (χ4v) is 1.01. The van der Waals surface area contributed by atoms with Crippen molar-refractivity contribution >= 4 is 7.82 Å². The number of phosphoric acid groups is 1. The summed E-state index contributed by atoms with van der Waals surface area (Å²) in [6.07, 6.45) is 3.63. The third-order valence-corrected chi connectivity index (χ3v) is 1.54. The van der Waals surface area contributed by atoms with E-state index in [0.29, 0.717) is 6.42 Å². The smallest absolute Gasteiger partial charge is 0.303 e. The Hall–Kier alpha value is -0.150. The highest BCUT2D eigenvalue weighted by atomic mass is 31.2. The Bertz CT molecular complexity index is 169. The molecule has 0 heterocycles. The predicted octanol–water partition coefficient (Wildman–Crippen LogP) is 0.424. The molecule has 9 heavy (non-hydrogen) atoms. The van der Waals surface area contributed by atoms with E-state index in [9.17, 15) is 4.57 Å². The molecule has 0 fully saturated rings. The number of rotatable bonds is 2. The van der Waals surface area contributed by atoms with E-state index in [1.165, 1.54) is 0 Å². The molecule has 1 unspecified atom stereocenters. The lowest BCUT2D eigenvalue weighted by Crippen LogP contribution is -2.12. The molecule has 5 heteroatoms. The van der Waals surface area contributed by atoms with E-state index in [1.807, 2.05) is 0 Å². The third-order valence-electron chi connectivity index (χ3n) is 0.992. The molecule has 1 aliphatic rings. The fourth-order valence-electron chi connectivity index (χ4n) is 0.502. The van der Waals surface area contributed by atoms with Crippen molar-refractivity contribution in [3.05, 3.63) is 12.2 Å². The van der Waals surface area contributed by atoms with Crippen molar-refractivity contribution in [2.24, 2.45) is 0 Å². The third kappa shape index (κ3) is 2.28. The van der Waals surface area contributed by atoms with Gasteiger partial charge in [-0.05, 0) is 6.42 Å². The van der Waals surface area contributed by atoms with Gasteiger partial charge >= 0.3 is 7.82 Å². The van der Waals surface area contributed by atoms with Gasteiger partial charge < -0.3 is 9.79 Å². The first-order valence-electron chi connectivity index (χ1n) is 2.48. The van der Waals surface area contributed by atoms with Gasteiger partial charge in [0.05, 0.1) is 6.10 Å². The molecule has 0 amide bonds. The van der Waals surface area contributed by atoms with Crippen LogP contribution in [0.15, 0.2) is 12.2 Å². The normalized spacial score (nSPS) is 25.8. The van der Waals surface area contributed by atoms with Crippen LogP contribution in [0.2, 0.25) is 0 Å². The topological polar surface area (TPSA) is 66.8 Å². The van der Waals surface area contributed by atoms with Crippen LogP contribution in [-0.2, 0) is 9.09 Å². The molecule has 0 aromatic rings. The zero-order valence-electron chi connectivity index (χ0n) is 4.60. The molecule has 0 bridgehead atoms. The minimum atomic E-state index is -4.24. The highest BCUT2D eigenvalue weighted by molar-refractivity contribution is 7.46. The molecule has 0 saturated heterocycles. The van der Waals surface area contributed by atoms with Crippen LogP contribution in [-0.4, -0.2) is 15.9 Å². The predicted molar refractivity (Wildman–Crippen MR) is 30.7 cm³/mol. The van der Waals surface area contributed by atoms with Crippen LogP contribution >= 0.6 is 7.82 Å². The second-order valence-corrected chi connectivity index (χ2v) is 2.99. The molecule has 1 rings (SSSR count). The van der Waals surface area contributed by atoms with Gasteiger partial charge in [-0.25, -0.2) is 4.57 Å². The van der Waals surface area contributed by atoms with E-state index in [1.54, 1.807) is 12.2 Å². The first-order valence-corrected chi connectivity index (χ1v) is 4.01. The zero-order chi connectivity index (χ0) is 6.91. The van der Waals surface area contributed by atoms with Crippen LogP contribution < -0.4 is 0 Å². The lowest BCUT2D eigenvalue weighted by molar-refractivity contribution is 0.153. The maximum absolute atomic E-state index is 10.1. The maximum Gasteiger partial charge on any atom is 0.470 e. The monoisotopic (exact) mass is 150 g/mol. The lowest BCUT2D eigenvalue weighted by atomic mass is 10.1. The lowest BCUT2D eigenvalue weighted by Gasteiger charge is -2.17. The minimum Gasteiger partial charge on any atom is -0.303 e. The van der Waals surface area contributed by atoms with Gasteiger partial charge in [-0.3, -0.25) is 4.52 Å². The van der Waals surface area contributed by atoms with Gasteiger partial charge in [0.15, 0.2) is 0 Å². The highest BCUT2D eigenvalue weighted by Crippen LogP contribution is 2.40. The van der Waals surface area contributed by atoms with Crippen LogP contribution in [0.3, 0.4) is 0 Å². The Morgan fingerprint density at radius 1 is 1.67 bits per heavy atom. The van der Waals surface area contributed by atoms with Crippen molar-refractivity contribution in [2.75, 3.05) is 0 Å². The van der Waals surface area contributed by atoms with Crippen molar-refractivity contribution < 1.29 is 18.9 Å². The van der Waals surface area contributed by atoms with Crippen molar-refractivity contribution in [3.8, 4) is 0 Å². The van der Waals surface area contributed by atoms with Crippen molar-refractivity contribution in [1.29, 1.82) is 0 Å². The molecule has 1 aliphatic carbocycles. The quantitative estimate of drug-likeness (QED) is 0.442. The summed E-state index contributed by atoms with van der Waals surface area (Å²) in [5.41, 5.74) is 0. The molecular formula is C4H7O4P. The van der Waals surface area contributed by atoms with Crippen molar-refractivity contribution in [2.45, 2.75) is 12.5 Å². The Balaban J connectivity index is 2.34. The van der Waals surface area contributed by atoms with Crippen LogP contribution in [0.25, 0.3) is 0 Å². The molecular weight excluding hydrogens is 143 g/mol. The summed E-state index contributed by atoms with van der Waals surface area (Å²) in [7, 11) is -4.24. The maximum atomic E-state index is 10.1. The largest absolute Gasteiger partial charge is 0.470 e. The summed E-state index contributed by atoms with van der Waals surface area (Å²) < 4.78 is 14.3. The molecule has 0 aromatic carbocycles. The Morgan fingerprint density at radius 3 is 2.33 bits per heavy atom. The van der Waals surface area contributed by atoms with Crippen LogP contribution in [0.1, 0.15) is 6.42 Å². The molecule has 0 radical (unpaired) electrons. The molecule has 0 saturated carbocycles. The molecule has 4 nitrogen and oxygen atoms in total. The van der Waals surface area contributed by atoms with Gasteiger partial charge in [0, 0.05) is 0 Å². The van der Waals surface area contributed by atoms with Gasteiger partial charge in [-0.15, -0.1) is 0 Å². The van der Waals surface area contributed by atoms with E-state index in [2.05, 4.69) is 4.52 Å². The van der Waals surface area contributed by atoms with Crippen LogP contribution in [0.5, 0.6) is 0 Å². The summed E-state index contributed by atoms with van der Waals surface area (Å²) >= 11 is 0. The minimum absolute atomic E-state index is 0.370. The van der Waals surface area contributed by atoms with Gasteiger partial charge in [-0.2, -0.15) is 0 Å². The highest BCUT2D eigenvalue weighted by Gasteiger charge is 2.22. The average Bonchev–Trinajstić information content (AvgIpc) is 1.53. The summed E-state index contributed by atoms with van der Waals surface area (Å²) in [4.78, 5) is 16.4. The van der Waals surface area contributed by atoms with Gasteiger partial charge in [0.1, 0.15) is 0 Å². The number of hydrogen-bond acceptors (Lipinski definition) is 2. The van der Waals surface area contributed by atoms with Gasteiger partial charge in [-0.1, -0.05) is 12.2 Å². The van der Waals surface area contributed by atoms with Crippen molar-refractivity contribution in [3.63, 3.8) is 0 Å². The molecule has 0 aromatic heterocycles. The first kappa shape index (κ1) is 6.96. The molecule has 1 atom stereocenters. The molecule has 52 valence electrons. The molecule has 0 aliphatic heterocycles. The molecule has 2 N–H and O–H groups in total.